The first-order valence-corrected chi connectivity index (χ1v) is 5.71. The van der Waals surface area contributed by atoms with Crippen LogP contribution in [0.1, 0.15) is 46.5 Å². The van der Waals surface area contributed by atoms with Gasteiger partial charge in [-0.1, -0.05) is 20.8 Å². The molecule has 0 aromatic heterocycles. The van der Waals surface area contributed by atoms with E-state index in [1.54, 1.807) is 0 Å². The first kappa shape index (κ1) is 14.9. The average molecular weight is 230 g/mol. The average Bonchev–Trinajstić information content (AvgIpc) is 2.26. The van der Waals surface area contributed by atoms with Crippen molar-refractivity contribution in [3.63, 3.8) is 0 Å². The largest absolute Gasteiger partial charge is 0.481 e. The molecule has 0 heterocycles. The number of amides is 1. The Morgan fingerprint density at radius 3 is 2.12 bits per heavy atom. The Hall–Kier alpha value is -1.10. The van der Waals surface area contributed by atoms with Gasteiger partial charge in [0.2, 0.25) is 5.91 Å². The molecule has 0 rings (SSSR count). The van der Waals surface area contributed by atoms with Crippen LogP contribution in [0, 0.1) is 0 Å². The number of hydrogen-bond acceptors (Lipinski definition) is 3. The summed E-state index contributed by atoms with van der Waals surface area (Å²) in [7, 11) is 0. The van der Waals surface area contributed by atoms with Crippen LogP contribution in [0.5, 0.6) is 0 Å². The highest BCUT2D eigenvalue weighted by molar-refractivity contribution is 5.86. The van der Waals surface area contributed by atoms with Gasteiger partial charge in [0.15, 0.2) is 0 Å². The van der Waals surface area contributed by atoms with E-state index in [1.165, 1.54) is 0 Å². The maximum atomic E-state index is 11.8. The van der Waals surface area contributed by atoms with Crippen LogP contribution in [0.2, 0.25) is 0 Å². The van der Waals surface area contributed by atoms with Gasteiger partial charge in [0.25, 0.3) is 0 Å². The molecule has 94 valence electrons. The molecular formula is C11H22N2O3. The topological polar surface area (TPSA) is 92.4 Å². The van der Waals surface area contributed by atoms with Crippen LogP contribution < -0.4 is 11.1 Å². The van der Waals surface area contributed by atoms with E-state index in [0.29, 0.717) is 19.3 Å². The zero-order valence-corrected chi connectivity index (χ0v) is 10.2. The predicted octanol–water partition coefficient (Wildman–Crippen LogP) is 0.873. The standard InChI is InChI=1S/C11H22N2O3/c1-4-8(7-9(14)15)13-10(16)11(12,5-2)6-3/h8H,4-7,12H2,1-3H3,(H,13,16)(H,14,15). The minimum atomic E-state index is -0.914. The van der Waals surface area contributed by atoms with Crippen molar-refractivity contribution in [3.05, 3.63) is 0 Å². The van der Waals surface area contributed by atoms with E-state index in [0.717, 1.165) is 0 Å². The Balaban J connectivity index is 4.45. The zero-order valence-electron chi connectivity index (χ0n) is 10.2. The first-order chi connectivity index (χ1) is 7.39. The second kappa shape index (κ2) is 6.48. The Bertz CT molecular complexity index is 250. The number of carbonyl (C=O) groups excluding carboxylic acids is 1. The number of aliphatic carboxylic acids is 1. The molecule has 0 radical (unpaired) electrons. The van der Waals surface area contributed by atoms with E-state index in [2.05, 4.69) is 5.32 Å². The van der Waals surface area contributed by atoms with Crippen molar-refractivity contribution in [3.8, 4) is 0 Å². The number of nitrogens with two attached hydrogens (primary N) is 1. The van der Waals surface area contributed by atoms with Crippen LogP contribution >= 0.6 is 0 Å². The van der Waals surface area contributed by atoms with E-state index < -0.39 is 11.5 Å². The SMILES string of the molecule is CCC(CC(=O)O)NC(=O)C(N)(CC)CC. The van der Waals surface area contributed by atoms with Gasteiger partial charge in [-0.3, -0.25) is 9.59 Å². The van der Waals surface area contributed by atoms with Gasteiger partial charge in [-0.25, -0.2) is 0 Å². The fourth-order valence-corrected chi connectivity index (χ4v) is 1.41. The summed E-state index contributed by atoms with van der Waals surface area (Å²) in [5.41, 5.74) is 5.03. The lowest BCUT2D eigenvalue weighted by atomic mass is 9.92. The quantitative estimate of drug-likeness (QED) is 0.605. The van der Waals surface area contributed by atoms with Crippen LogP contribution in [0.4, 0.5) is 0 Å². The molecule has 0 fully saturated rings. The molecule has 4 N–H and O–H groups in total. The minimum absolute atomic E-state index is 0.0637. The lowest BCUT2D eigenvalue weighted by Crippen LogP contribution is -2.55. The number of hydrogen-bond donors (Lipinski definition) is 3. The predicted molar refractivity (Wildman–Crippen MR) is 62.0 cm³/mol. The smallest absolute Gasteiger partial charge is 0.305 e. The van der Waals surface area contributed by atoms with Gasteiger partial charge in [0, 0.05) is 6.04 Å². The lowest BCUT2D eigenvalue weighted by molar-refractivity contribution is -0.138. The number of rotatable bonds is 7. The number of nitrogens with one attached hydrogen (secondary N) is 1. The van der Waals surface area contributed by atoms with E-state index >= 15 is 0 Å². The fraction of sp³-hybridized carbons (Fsp3) is 0.818. The maximum Gasteiger partial charge on any atom is 0.305 e. The third-order valence-corrected chi connectivity index (χ3v) is 2.96. The Labute approximate surface area is 96.4 Å². The summed E-state index contributed by atoms with van der Waals surface area (Å²) in [6.07, 6.45) is 1.60. The summed E-state index contributed by atoms with van der Waals surface area (Å²) < 4.78 is 0. The molecule has 0 aromatic carbocycles. The monoisotopic (exact) mass is 230 g/mol. The summed E-state index contributed by atoms with van der Waals surface area (Å²) in [5, 5.41) is 11.4. The Kier molecular flexibility index (Phi) is 6.03. The summed E-state index contributed by atoms with van der Waals surface area (Å²) in [4.78, 5) is 22.4. The summed E-state index contributed by atoms with van der Waals surface area (Å²) in [6.45, 7) is 5.53. The van der Waals surface area contributed by atoms with Crippen molar-refractivity contribution in [1.29, 1.82) is 0 Å². The van der Waals surface area contributed by atoms with E-state index in [1.807, 2.05) is 20.8 Å². The third-order valence-electron chi connectivity index (χ3n) is 2.96. The van der Waals surface area contributed by atoms with Crippen LogP contribution in [0.25, 0.3) is 0 Å². The maximum absolute atomic E-state index is 11.8. The molecule has 0 aliphatic carbocycles. The number of carbonyl (C=O) groups is 2. The lowest BCUT2D eigenvalue weighted by Gasteiger charge is -2.27. The second-order valence-corrected chi connectivity index (χ2v) is 4.04. The van der Waals surface area contributed by atoms with Crippen LogP contribution in [-0.4, -0.2) is 28.6 Å². The molecule has 0 aliphatic heterocycles. The third kappa shape index (κ3) is 4.18. The summed E-state index contributed by atoms with van der Waals surface area (Å²) in [5.74, 6) is -1.17. The minimum Gasteiger partial charge on any atom is -0.481 e. The van der Waals surface area contributed by atoms with E-state index in [4.69, 9.17) is 10.8 Å². The molecule has 0 saturated heterocycles. The van der Waals surface area contributed by atoms with Gasteiger partial charge in [0.1, 0.15) is 0 Å². The van der Waals surface area contributed by atoms with Crippen LogP contribution in [-0.2, 0) is 9.59 Å². The van der Waals surface area contributed by atoms with Crippen molar-refractivity contribution in [2.24, 2.45) is 5.73 Å². The van der Waals surface area contributed by atoms with Crippen molar-refractivity contribution in [2.75, 3.05) is 0 Å². The molecule has 1 unspecified atom stereocenters. The molecule has 0 aliphatic rings. The second-order valence-electron chi connectivity index (χ2n) is 4.04. The van der Waals surface area contributed by atoms with Gasteiger partial charge in [-0.2, -0.15) is 0 Å². The molecule has 0 aromatic rings. The zero-order chi connectivity index (χ0) is 12.8. The van der Waals surface area contributed by atoms with E-state index in [-0.39, 0.29) is 18.4 Å². The highest BCUT2D eigenvalue weighted by atomic mass is 16.4. The van der Waals surface area contributed by atoms with Gasteiger partial charge in [0.05, 0.1) is 12.0 Å². The molecule has 0 saturated carbocycles. The molecular weight excluding hydrogens is 208 g/mol. The molecule has 5 heteroatoms. The molecule has 5 nitrogen and oxygen atoms in total. The fourth-order valence-electron chi connectivity index (χ4n) is 1.41. The van der Waals surface area contributed by atoms with Crippen LogP contribution in [0.3, 0.4) is 0 Å². The Morgan fingerprint density at radius 2 is 1.81 bits per heavy atom. The van der Waals surface area contributed by atoms with Gasteiger partial charge < -0.3 is 16.2 Å². The van der Waals surface area contributed by atoms with Gasteiger partial charge >= 0.3 is 5.97 Å². The Morgan fingerprint density at radius 1 is 1.31 bits per heavy atom. The van der Waals surface area contributed by atoms with Gasteiger partial charge in [-0.05, 0) is 19.3 Å². The van der Waals surface area contributed by atoms with E-state index in [9.17, 15) is 9.59 Å². The van der Waals surface area contributed by atoms with Crippen molar-refractivity contribution >= 4 is 11.9 Å². The molecule has 0 spiro atoms. The van der Waals surface area contributed by atoms with Crippen molar-refractivity contribution in [2.45, 2.75) is 58.0 Å². The van der Waals surface area contributed by atoms with Crippen molar-refractivity contribution < 1.29 is 14.7 Å². The molecule has 1 atom stereocenters. The number of carboxylic acids is 1. The highest BCUT2D eigenvalue weighted by Gasteiger charge is 2.31. The highest BCUT2D eigenvalue weighted by Crippen LogP contribution is 2.12. The molecule has 16 heavy (non-hydrogen) atoms. The molecule has 0 bridgehead atoms. The summed E-state index contributed by atoms with van der Waals surface area (Å²) in [6, 6.07) is -0.342. The number of carboxylic acid groups (broad SMARTS) is 1. The summed E-state index contributed by atoms with van der Waals surface area (Å²) >= 11 is 0. The van der Waals surface area contributed by atoms with Gasteiger partial charge in [-0.15, -0.1) is 0 Å². The van der Waals surface area contributed by atoms with Crippen LogP contribution in [0.15, 0.2) is 0 Å². The first-order valence-electron chi connectivity index (χ1n) is 5.71. The normalized spacial score (nSPS) is 13.2. The molecule has 1 amide bonds. The van der Waals surface area contributed by atoms with Crippen molar-refractivity contribution in [1.82, 2.24) is 5.32 Å².